The van der Waals surface area contributed by atoms with E-state index >= 15 is 0 Å². The molecule has 18 nitrogen and oxygen atoms in total. The second kappa shape index (κ2) is 25.0. The van der Waals surface area contributed by atoms with Crippen LogP contribution in [0.2, 0.25) is 5.02 Å². The third kappa shape index (κ3) is 14.3. The number of nitrogens with one attached hydrogen (secondary N) is 4. The zero-order valence-electron chi connectivity index (χ0n) is 35.5. The summed E-state index contributed by atoms with van der Waals surface area (Å²) in [6.07, 6.45) is 4.32. The fraction of sp³-hybridized carbons (Fsp3) is 0.310. The number of fused-ring (bicyclic) bond motifs is 2. The maximum Gasteiger partial charge on any atom is 1.00 e. The van der Waals surface area contributed by atoms with Crippen LogP contribution in [0, 0.1) is 5.82 Å². The molecule has 0 saturated carbocycles. The van der Waals surface area contributed by atoms with Gasteiger partial charge in [-0.3, -0.25) is 14.5 Å². The van der Waals surface area contributed by atoms with Crippen LogP contribution in [0.4, 0.5) is 21.8 Å². The maximum absolute atomic E-state index is 13.5. The van der Waals surface area contributed by atoms with Crippen molar-refractivity contribution in [3.63, 3.8) is 0 Å². The number of anilines is 3. The normalized spacial score (nSPS) is 12.8. The summed E-state index contributed by atoms with van der Waals surface area (Å²) in [6, 6.07) is 13.1. The first-order chi connectivity index (χ1) is 29.9. The van der Waals surface area contributed by atoms with Crippen molar-refractivity contribution in [3.05, 3.63) is 105 Å². The number of benzene rings is 3. The molecular formula is C42H43ClFN9Na2O9. The first-order valence-corrected chi connectivity index (χ1v) is 19.9. The number of aromatic amines is 2. The molecule has 0 spiro atoms. The van der Waals surface area contributed by atoms with Crippen molar-refractivity contribution < 1.29 is 102 Å². The summed E-state index contributed by atoms with van der Waals surface area (Å²) in [5, 5.41) is 28.2. The maximum atomic E-state index is 13.5. The van der Waals surface area contributed by atoms with Gasteiger partial charge in [-0.2, -0.15) is 4.98 Å². The SMILES string of the molecule is COc1cc2ncnc(Nc3ccc(F)c(Cl)c3)c2cc1OCCCN1CCOCC1.Nc1nc(=O)c2c(CCc3ccc(C(=O)N[C@@H](CCC(=O)[O-])C(=O)[O-])cc3)c[nH]c2[nH]1.[Na+].[Na+]. The molecule has 1 aliphatic heterocycles. The topological polar surface area (TPSA) is 266 Å². The largest absolute Gasteiger partial charge is 1.00 e. The van der Waals surface area contributed by atoms with Gasteiger partial charge in [0.25, 0.3) is 11.5 Å². The number of nitrogen functional groups attached to an aromatic ring is 1. The minimum Gasteiger partial charge on any atom is -0.550 e. The Bertz CT molecular complexity index is 2600. The number of rotatable bonds is 17. The summed E-state index contributed by atoms with van der Waals surface area (Å²) >= 11 is 5.90. The van der Waals surface area contributed by atoms with E-state index in [-0.39, 0.29) is 82.1 Å². The number of carboxylic acid groups (broad SMARTS) is 2. The Labute approximate surface area is 415 Å². The molecule has 0 radical (unpaired) electrons. The molecule has 64 heavy (non-hydrogen) atoms. The van der Waals surface area contributed by atoms with Crippen molar-refractivity contribution in [2.45, 2.75) is 38.1 Å². The van der Waals surface area contributed by atoms with Crippen molar-refractivity contribution in [3.8, 4) is 11.5 Å². The number of H-pyrrole nitrogens is 2. The van der Waals surface area contributed by atoms with E-state index in [9.17, 15) is 33.8 Å². The molecule has 326 valence electrons. The van der Waals surface area contributed by atoms with Gasteiger partial charge in [0.05, 0.1) is 54.9 Å². The van der Waals surface area contributed by atoms with Crippen LogP contribution in [0.15, 0.2) is 71.9 Å². The molecule has 3 aromatic heterocycles. The van der Waals surface area contributed by atoms with Crippen molar-refractivity contribution in [2.24, 2.45) is 0 Å². The van der Waals surface area contributed by atoms with Crippen LogP contribution in [0.1, 0.15) is 40.7 Å². The molecule has 7 rings (SSSR count). The molecule has 1 aliphatic rings. The van der Waals surface area contributed by atoms with Gasteiger partial charge >= 0.3 is 59.1 Å². The summed E-state index contributed by atoms with van der Waals surface area (Å²) in [4.78, 5) is 66.4. The number of morpholine rings is 1. The van der Waals surface area contributed by atoms with Crippen LogP contribution in [0.25, 0.3) is 21.9 Å². The van der Waals surface area contributed by atoms with E-state index < -0.39 is 41.7 Å². The number of aromatic nitrogens is 5. The first-order valence-electron chi connectivity index (χ1n) is 19.5. The van der Waals surface area contributed by atoms with Gasteiger partial charge in [-0.05, 0) is 79.6 Å². The summed E-state index contributed by atoms with van der Waals surface area (Å²) in [5.74, 6) is -2.31. The van der Waals surface area contributed by atoms with Gasteiger partial charge in [0.2, 0.25) is 5.95 Å². The average molecular weight is 918 g/mol. The molecule has 6 N–H and O–H groups in total. The fourth-order valence-electron chi connectivity index (χ4n) is 6.62. The van der Waals surface area contributed by atoms with Crippen LogP contribution >= 0.6 is 11.6 Å². The van der Waals surface area contributed by atoms with Gasteiger partial charge in [0.1, 0.15) is 23.6 Å². The molecule has 22 heteroatoms. The molecule has 3 aromatic carbocycles. The molecule has 0 unspecified atom stereocenters. The summed E-state index contributed by atoms with van der Waals surface area (Å²) in [6.45, 7) is 5.00. The van der Waals surface area contributed by atoms with Crippen molar-refractivity contribution in [1.82, 2.24) is 35.1 Å². The Balaban J connectivity index is 0.000000272. The molecule has 1 fully saturated rings. The van der Waals surface area contributed by atoms with E-state index in [1.165, 1.54) is 30.6 Å². The zero-order chi connectivity index (χ0) is 44.2. The van der Waals surface area contributed by atoms with Crippen LogP contribution in [-0.4, -0.2) is 100 Å². The number of hydrogen-bond acceptors (Lipinski definition) is 15. The molecule has 1 saturated heterocycles. The second-order valence-electron chi connectivity index (χ2n) is 14.1. The Morgan fingerprint density at radius 1 is 1.03 bits per heavy atom. The predicted molar refractivity (Wildman–Crippen MR) is 224 cm³/mol. The third-order valence-corrected chi connectivity index (χ3v) is 10.1. The number of methoxy groups -OCH3 is 1. The van der Waals surface area contributed by atoms with E-state index in [2.05, 4.69) is 40.5 Å². The number of nitrogens with two attached hydrogens (primary N) is 1. The Morgan fingerprint density at radius 3 is 2.47 bits per heavy atom. The van der Waals surface area contributed by atoms with Gasteiger partial charge < -0.3 is 60.3 Å². The molecule has 1 amide bonds. The number of carbonyl (C=O) groups is 3. The minimum absolute atomic E-state index is 0. The number of carbonyl (C=O) groups excluding carboxylic acids is 3. The van der Waals surface area contributed by atoms with Crippen molar-refractivity contribution >= 4 is 68.8 Å². The summed E-state index contributed by atoms with van der Waals surface area (Å²) in [5.41, 5.74) is 8.80. The number of aliphatic carboxylic acids is 2. The van der Waals surface area contributed by atoms with Crippen LogP contribution in [0.3, 0.4) is 0 Å². The van der Waals surface area contributed by atoms with Gasteiger partial charge in [0, 0.05) is 54.5 Å². The fourth-order valence-corrected chi connectivity index (χ4v) is 6.80. The van der Waals surface area contributed by atoms with Crippen LogP contribution < -0.4 is 101 Å². The van der Waals surface area contributed by atoms with Gasteiger partial charge in [-0.15, -0.1) is 0 Å². The van der Waals surface area contributed by atoms with E-state index in [4.69, 9.17) is 31.5 Å². The van der Waals surface area contributed by atoms with Gasteiger partial charge in [-0.1, -0.05) is 23.7 Å². The van der Waals surface area contributed by atoms with Crippen molar-refractivity contribution in [2.75, 3.05) is 57.6 Å². The van der Waals surface area contributed by atoms with Crippen molar-refractivity contribution in [1.29, 1.82) is 0 Å². The number of carboxylic acids is 2. The molecule has 1 atom stereocenters. The minimum atomic E-state index is -1.57. The molecule has 4 heterocycles. The number of halogens is 2. The van der Waals surface area contributed by atoms with E-state index in [0.717, 1.165) is 55.8 Å². The van der Waals surface area contributed by atoms with Gasteiger partial charge in [-0.25, -0.2) is 14.4 Å². The van der Waals surface area contributed by atoms with Gasteiger partial charge in [0.15, 0.2) is 11.5 Å². The van der Waals surface area contributed by atoms with E-state index in [0.29, 0.717) is 59.0 Å². The Morgan fingerprint density at radius 2 is 1.78 bits per heavy atom. The predicted octanol–water partition coefficient (Wildman–Crippen LogP) is -3.72. The molecule has 0 bridgehead atoms. The quantitative estimate of drug-likeness (QED) is 0.0435. The average Bonchev–Trinajstić information content (AvgIpc) is 3.67. The monoisotopic (exact) mass is 917 g/mol. The van der Waals surface area contributed by atoms with E-state index in [1.54, 1.807) is 31.5 Å². The molecule has 0 aliphatic carbocycles. The van der Waals surface area contributed by atoms with E-state index in [1.807, 2.05) is 12.1 Å². The third-order valence-electron chi connectivity index (χ3n) is 9.86. The number of hydrogen-bond donors (Lipinski definition) is 5. The number of aryl methyl sites for hydroxylation is 2. The van der Waals surface area contributed by atoms with Crippen LogP contribution in [-0.2, 0) is 27.2 Å². The zero-order valence-corrected chi connectivity index (χ0v) is 40.3. The smallest absolute Gasteiger partial charge is 0.550 e. The Kier molecular flexibility index (Phi) is 20.3. The molecule has 6 aromatic rings. The summed E-state index contributed by atoms with van der Waals surface area (Å²) < 4.78 is 30.4. The number of amides is 1. The second-order valence-corrected chi connectivity index (χ2v) is 14.5. The first kappa shape index (κ1) is 51.8. The van der Waals surface area contributed by atoms with Crippen LogP contribution in [0.5, 0.6) is 11.5 Å². The molecular weight excluding hydrogens is 875 g/mol. The number of nitrogens with zero attached hydrogens (tertiary/aromatic N) is 4. The number of ether oxygens (including phenoxy) is 3. The Hall–Kier alpha value is -4.83. The summed E-state index contributed by atoms with van der Waals surface area (Å²) in [7, 11) is 1.60. The standard InChI is InChI=1S/C22H24ClFN4O3.C20H21N5O6.2Na/c1-29-20-13-19-16(12-21(20)31-8-2-5-28-6-9-30-10-7-28)22(26-14-25-19)27-15-3-4-18(24)17(23)11-15;21-20-24-16-15(18(29)25-20)12(9-22-16)6-3-10-1-4-11(5-2-10)17(28)23-13(19(30)31)7-8-14(26)27;;/h3-4,11-14H,2,5-10H2,1H3,(H,25,26,27);1-2,4-5,9,13H,3,6-8H2,(H,23,28)(H,26,27)(H,30,31)(H4,21,22,24,25,29);;/q;;2*+1/p-2/t;13-;;/m.0../s1.